The van der Waals surface area contributed by atoms with Gasteiger partial charge >= 0.3 is 0 Å². The Kier molecular flexibility index (Phi) is 23.2. The Hall–Kier alpha value is 0.628. The predicted octanol–water partition coefficient (Wildman–Crippen LogP) is 1.38. The minimum absolute atomic E-state index is 0.288. The van der Waals surface area contributed by atoms with Crippen molar-refractivity contribution in [1.82, 2.24) is 27.6 Å². The van der Waals surface area contributed by atoms with E-state index >= 15 is 0 Å². The van der Waals surface area contributed by atoms with Crippen LogP contribution in [0, 0.1) is 0 Å². The number of nitrogens with zero attached hydrogens (tertiary/aromatic N) is 4. The molecule has 2 atom stereocenters. The fourth-order valence-electron chi connectivity index (χ4n) is 4.94. The van der Waals surface area contributed by atoms with Crippen molar-refractivity contribution in [3.8, 4) is 0 Å². The third kappa shape index (κ3) is 15.7. The molecule has 0 saturated heterocycles. The first kappa shape index (κ1) is 34.6. The molecule has 0 aliphatic carbocycles. The van der Waals surface area contributed by atoms with Crippen LogP contribution in [0.25, 0.3) is 0 Å². The van der Waals surface area contributed by atoms with E-state index in [0.717, 1.165) is 6.04 Å². The molecule has 6 nitrogen and oxygen atoms in total. The fraction of sp³-hybridized carbons (Fsp3) is 1.00. The van der Waals surface area contributed by atoms with Crippen molar-refractivity contribution >= 4 is 39.4 Å². The summed E-state index contributed by atoms with van der Waals surface area (Å²) in [5, 5.41) is 0. The Morgan fingerprint density at radius 2 is 1.00 bits per heavy atom. The maximum absolute atomic E-state index is 4.06. The zero-order valence-corrected chi connectivity index (χ0v) is 30.5. The Morgan fingerprint density at radius 3 is 1.50 bits per heavy atom. The van der Waals surface area contributed by atoms with Crippen molar-refractivity contribution in [1.29, 1.82) is 0 Å². The summed E-state index contributed by atoms with van der Waals surface area (Å²) in [6, 6.07) is 2.12. The first-order chi connectivity index (χ1) is 16.4. The maximum atomic E-state index is 4.06. The minimum Gasteiger partial charge on any atom is -0.345 e. The topological polar surface area (TPSA) is 37.0 Å². The molecule has 0 fully saturated rings. The average molecular weight is 549 g/mol. The van der Waals surface area contributed by atoms with E-state index in [4.69, 9.17) is 0 Å². The summed E-state index contributed by atoms with van der Waals surface area (Å²) in [5.41, 5.74) is 0. The predicted molar refractivity (Wildman–Crippen MR) is 167 cm³/mol. The minimum atomic E-state index is -0.369. The van der Waals surface area contributed by atoms with Gasteiger partial charge in [-0.1, -0.05) is 62.3 Å². The molecule has 0 aromatic rings. The van der Waals surface area contributed by atoms with Gasteiger partial charge in [-0.3, -0.25) is 0 Å². The van der Waals surface area contributed by atoms with Gasteiger partial charge in [0.25, 0.3) is 0 Å². The Morgan fingerprint density at radius 1 is 0.559 bits per heavy atom. The van der Waals surface area contributed by atoms with E-state index in [9.17, 15) is 0 Å². The fourth-order valence-corrected chi connectivity index (χ4v) is 14.3. The van der Waals surface area contributed by atoms with E-state index in [0.29, 0.717) is 12.1 Å². The van der Waals surface area contributed by atoms with Gasteiger partial charge in [0.15, 0.2) is 39.4 Å². The zero-order valence-electron chi connectivity index (χ0n) is 24.8. The highest BCUT2D eigenvalue weighted by Gasteiger charge is 2.22. The molecular formula is C24H64N6Si4. The van der Waals surface area contributed by atoms with Gasteiger partial charge in [0, 0.05) is 12.1 Å². The standard InChI is InChI=1S/C24H64N6Si4/c1-10-16-27(17-11-2)31-25-34-30(20-14-5)24(15-6)21-23(9)29(19-13-4)33-26-32-28(18-12-3)22(7)8/h22-26H,10-21,31-34H2,1-9H3. The van der Waals surface area contributed by atoms with E-state index in [1.54, 1.807) is 0 Å². The van der Waals surface area contributed by atoms with Gasteiger partial charge in [-0.2, -0.15) is 0 Å². The van der Waals surface area contributed by atoms with Crippen LogP contribution in [0.4, 0.5) is 0 Å². The second-order valence-corrected chi connectivity index (χ2v) is 19.0. The summed E-state index contributed by atoms with van der Waals surface area (Å²) in [7, 11) is -1.34. The number of rotatable bonds is 24. The summed E-state index contributed by atoms with van der Waals surface area (Å²) in [4.78, 5) is 0. The molecule has 0 aromatic carbocycles. The molecule has 0 bridgehead atoms. The SMILES string of the molecule is CCCN(CCC)[SiH2]N[SiH2]N(CCC)C(CC)CC(C)N(CCC)[SiH2]N[SiH2]N(CCC)C(C)C. The third-order valence-electron chi connectivity index (χ3n) is 6.85. The largest absolute Gasteiger partial charge is 0.345 e. The number of hydrogen-bond acceptors (Lipinski definition) is 6. The van der Waals surface area contributed by atoms with Gasteiger partial charge in [0.05, 0.1) is 0 Å². The monoisotopic (exact) mass is 548 g/mol. The molecule has 0 aliphatic rings. The summed E-state index contributed by atoms with van der Waals surface area (Å²) in [6.07, 6.45) is 9.00. The van der Waals surface area contributed by atoms with E-state index in [2.05, 4.69) is 89.9 Å². The first-order valence-corrected chi connectivity index (χ1v) is 20.1. The molecule has 0 aromatic heterocycles. The van der Waals surface area contributed by atoms with Gasteiger partial charge in [0.1, 0.15) is 0 Å². The van der Waals surface area contributed by atoms with Crippen molar-refractivity contribution in [2.24, 2.45) is 0 Å². The lowest BCUT2D eigenvalue weighted by Gasteiger charge is -2.37. The Balaban J connectivity index is 4.90. The summed E-state index contributed by atoms with van der Waals surface area (Å²) in [6.45, 7) is 27.7. The summed E-state index contributed by atoms with van der Waals surface area (Å²) in [5.74, 6) is 0. The Bertz CT molecular complexity index is 444. The summed E-state index contributed by atoms with van der Waals surface area (Å²) < 4.78 is 19.3. The zero-order chi connectivity index (χ0) is 25.8. The van der Waals surface area contributed by atoms with Crippen LogP contribution < -0.4 is 9.30 Å². The molecule has 0 amide bonds. The molecule has 10 heteroatoms. The molecule has 206 valence electrons. The lowest BCUT2D eigenvalue weighted by molar-refractivity contribution is 0.235. The van der Waals surface area contributed by atoms with Crippen molar-refractivity contribution in [2.75, 3.05) is 32.7 Å². The van der Waals surface area contributed by atoms with Gasteiger partial charge in [-0.25, -0.2) is 0 Å². The van der Waals surface area contributed by atoms with E-state index in [1.807, 2.05) is 0 Å². The molecule has 34 heavy (non-hydrogen) atoms. The second-order valence-electron chi connectivity index (χ2n) is 10.4. The third-order valence-corrected chi connectivity index (χ3v) is 15.5. The molecule has 0 rings (SSSR count). The molecule has 0 aliphatic heterocycles. The van der Waals surface area contributed by atoms with Crippen molar-refractivity contribution in [2.45, 2.75) is 125 Å². The van der Waals surface area contributed by atoms with Gasteiger partial charge in [0.2, 0.25) is 0 Å². The second kappa shape index (κ2) is 22.8. The van der Waals surface area contributed by atoms with Crippen LogP contribution in [-0.2, 0) is 0 Å². The molecule has 0 spiro atoms. The van der Waals surface area contributed by atoms with Crippen molar-refractivity contribution in [3.05, 3.63) is 0 Å². The smallest absolute Gasteiger partial charge is 0.164 e. The summed E-state index contributed by atoms with van der Waals surface area (Å²) >= 11 is 0. The molecule has 2 N–H and O–H groups in total. The maximum Gasteiger partial charge on any atom is 0.164 e. The average Bonchev–Trinajstić information content (AvgIpc) is 2.80. The normalized spacial score (nSPS) is 15.7. The van der Waals surface area contributed by atoms with Crippen molar-refractivity contribution in [3.63, 3.8) is 0 Å². The number of nitrogens with one attached hydrogen (secondary N) is 2. The lowest BCUT2D eigenvalue weighted by Crippen LogP contribution is -2.54. The highest BCUT2D eigenvalue weighted by Crippen LogP contribution is 2.14. The van der Waals surface area contributed by atoms with Gasteiger partial charge < -0.3 is 27.6 Å². The van der Waals surface area contributed by atoms with E-state index < -0.39 is 0 Å². The van der Waals surface area contributed by atoms with Crippen LogP contribution in [-0.4, -0.2) is 108 Å². The van der Waals surface area contributed by atoms with Gasteiger partial charge in [-0.05, 0) is 83.7 Å². The molecule has 0 heterocycles. The first-order valence-electron chi connectivity index (χ1n) is 14.7. The highest BCUT2D eigenvalue weighted by atomic mass is 28.3. The molecule has 2 unspecified atom stereocenters. The molecule has 0 saturated carbocycles. The van der Waals surface area contributed by atoms with Gasteiger partial charge in [-0.15, -0.1) is 0 Å². The van der Waals surface area contributed by atoms with Crippen LogP contribution in [0.1, 0.15) is 107 Å². The van der Waals surface area contributed by atoms with Crippen LogP contribution in [0.15, 0.2) is 0 Å². The van der Waals surface area contributed by atoms with Crippen LogP contribution in [0.5, 0.6) is 0 Å². The van der Waals surface area contributed by atoms with Crippen molar-refractivity contribution < 1.29 is 0 Å². The Labute approximate surface area is 224 Å². The van der Waals surface area contributed by atoms with E-state index in [1.165, 1.54) is 77.7 Å². The highest BCUT2D eigenvalue weighted by molar-refractivity contribution is 6.48. The molecular weight excluding hydrogens is 485 g/mol. The van der Waals surface area contributed by atoms with Crippen LogP contribution in [0.2, 0.25) is 0 Å². The quantitative estimate of drug-likeness (QED) is 0.178. The van der Waals surface area contributed by atoms with Crippen LogP contribution in [0.3, 0.4) is 0 Å². The van der Waals surface area contributed by atoms with E-state index in [-0.39, 0.29) is 39.4 Å². The lowest BCUT2D eigenvalue weighted by atomic mass is 10.1. The molecule has 0 radical (unpaired) electrons. The van der Waals surface area contributed by atoms with Crippen LogP contribution >= 0.6 is 0 Å². The number of hydrogen-bond donors (Lipinski definition) is 2.